The highest BCUT2D eigenvalue weighted by Crippen LogP contribution is 2.21. The molecule has 3 heteroatoms. The summed E-state index contributed by atoms with van der Waals surface area (Å²) in [7, 11) is 0. The van der Waals surface area contributed by atoms with Gasteiger partial charge in [0.25, 0.3) is 0 Å². The lowest BCUT2D eigenvalue weighted by molar-refractivity contribution is 0.307. The maximum absolute atomic E-state index is 9.26. The monoisotopic (exact) mass is 265 g/mol. The minimum Gasteiger partial charge on any atom is -0.508 e. The van der Waals surface area contributed by atoms with Gasteiger partial charge in [0, 0.05) is 16.6 Å². The number of para-hydroxylation sites is 1. The first kappa shape index (κ1) is 12.5. The van der Waals surface area contributed by atoms with E-state index >= 15 is 0 Å². The highest BCUT2D eigenvalue weighted by atomic mass is 16.5. The SMILES string of the molecule is Cc1cc(COc2ccc(O)cc2)c2ccccc2n1. The second-order valence-corrected chi connectivity index (χ2v) is 4.72. The van der Waals surface area contributed by atoms with Crippen LogP contribution in [0.15, 0.2) is 54.6 Å². The highest BCUT2D eigenvalue weighted by molar-refractivity contribution is 5.82. The number of aromatic nitrogens is 1. The van der Waals surface area contributed by atoms with Crippen molar-refractivity contribution in [3.63, 3.8) is 0 Å². The molecule has 0 aliphatic rings. The molecule has 0 amide bonds. The number of aryl methyl sites for hydroxylation is 1. The molecule has 3 rings (SSSR count). The normalized spacial score (nSPS) is 10.7. The summed E-state index contributed by atoms with van der Waals surface area (Å²) in [5, 5.41) is 10.4. The molecule has 0 fully saturated rings. The van der Waals surface area contributed by atoms with E-state index in [1.165, 1.54) is 0 Å². The Labute approximate surface area is 117 Å². The number of pyridine rings is 1. The van der Waals surface area contributed by atoms with Gasteiger partial charge in [-0.2, -0.15) is 0 Å². The third-order valence-electron chi connectivity index (χ3n) is 3.16. The second-order valence-electron chi connectivity index (χ2n) is 4.72. The number of rotatable bonds is 3. The number of benzene rings is 2. The van der Waals surface area contributed by atoms with Gasteiger partial charge in [-0.05, 0) is 43.3 Å². The van der Waals surface area contributed by atoms with E-state index in [4.69, 9.17) is 4.74 Å². The van der Waals surface area contributed by atoms with Gasteiger partial charge in [0.2, 0.25) is 0 Å². The minimum absolute atomic E-state index is 0.238. The number of phenolic OH excluding ortho intramolecular Hbond substituents is 1. The summed E-state index contributed by atoms with van der Waals surface area (Å²) in [6.07, 6.45) is 0. The van der Waals surface area contributed by atoms with Gasteiger partial charge in [-0.1, -0.05) is 18.2 Å². The van der Waals surface area contributed by atoms with E-state index in [2.05, 4.69) is 11.1 Å². The van der Waals surface area contributed by atoms with E-state index in [-0.39, 0.29) is 5.75 Å². The first-order valence-corrected chi connectivity index (χ1v) is 6.49. The molecular formula is C17H15NO2. The fraction of sp³-hybridized carbons (Fsp3) is 0.118. The summed E-state index contributed by atoms with van der Waals surface area (Å²) in [6.45, 7) is 2.46. The van der Waals surface area contributed by atoms with E-state index in [1.807, 2.05) is 31.2 Å². The average molecular weight is 265 g/mol. The molecule has 0 aliphatic heterocycles. The summed E-state index contributed by atoms with van der Waals surface area (Å²) in [4.78, 5) is 4.51. The molecule has 0 saturated heterocycles. The van der Waals surface area contributed by atoms with Crippen molar-refractivity contribution in [2.45, 2.75) is 13.5 Å². The Morgan fingerprint density at radius 3 is 2.60 bits per heavy atom. The molecular weight excluding hydrogens is 250 g/mol. The molecule has 0 saturated carbocycles. The van der Waals surface area contributed by atoms with Crippen LogP contribution in [0.5, 0.6) is 11.5 Å². The Morgan fingerprint density at radius 1 is 1.05 bits per heavy atom. The highest BCUT2D eigenvalue weighted by Gasteiger charge is 2.04. The van der Waals surface area contributed by atoms with Crippen LogP contribution in [0.25, 0.3) is 10.9 Å². The number of aromatic hydroxyl groups is 1. The van der Waals surface area contributed by atoms with Crippen molar-refractivity contribution >= 4 is 10.9 Å². The van der Waals surface area contributed by atoms with Crippen LogP contribution in [-0.4, -0.2) is 10.1 Å². The summed E-state index contributed by atoms with van der Waals surface area (Å²) >= 11 is 0. The molecule has 0 radical (unpaired) electrons. The van der Waals surface area contributed by atoms with Gasteiger partial charge < -0.3 is 9.84 Å². The third kappa shape index (κ3) is 2.57. The Balaban J connectivity index is 1.88. The zero-order chi connectivity index (χ0) is 13.9. The van der Waals surface area contributed by atoms with Crippen LogP contribution in [0.1, 0.15) is 11.3 Å². The number of hydrogen-bond acceptors (Lipinski definition) is 3. The molecule has 0 aliphatic carbocycles. The van der Waals surface area contributed by atoms with Crippen LogP contribution in [0.3, 0.4) is 0 Å². The van der Waals surface area contributed by atoms with E-state index in [9.17, 15) is 5.11 Å². The molecule has 100 valence electrons. The first-order chi connectivity index (χ1) is 9.72. The molecule has 1 aromatic heterocycles. The molecule has 1 heterocycles. The van der Waals surface area contributed by atoms with Crippen molar-refractivity contribution in [3.05, 3.63) is 65.9 Å². The van der Waals surface area contributed by atoms with Gasteiger partial charge in [0.1, 0.15) is 18.1 Å². The Bertz CT molecular complexity index is 736. The van der Waals surface area contributed by atoms with E-state index in [1.54, 1.807) is 24.3 Å². The van der Waals surface area contributed by atoms with Crippen LogP contribution in [0.4, 0.5) is 0 Å². The van der Waals surface area contributed by atoms with Crippen molar-refractivity contribution < 1.29 is 9.84 Å². The van der Waals surface area contributed by atoms with Gasteiger partial charge in [-0.3, -0.25) is 4.98 Å². The number of ether oxygens (including phenoxy) is 1. The zero-order valence-electron chi connectivity index (χ0n) is 11.2. The molecule has 0 spiro atoms. The van der Waals surface area contributed by atoms with Crippen molar-refractivity contribution in [1.82, 2.24) is 4.98 Å². The number of nitrogens with zero attached hydrogens (tertiary/aromatic N) is 1. The summed E-state index contributed by atoms with van der Waals surface area (Å²) in [5.41, 5.74) is 3.07. The topological polar surface area (TPSA) is 42.4 Å². The van der Waals surface area contributed by atoms with Crippen LogP contribution in [0, 0.1) is 6.92 Å². The lowest BCUT2D eigenvalue weighted by Crippen LogP contribution is -1.98. The van der Waals surface area contributed by atoms with Gasteiger partial charge in [0.05, 0.1) is 5.52 Å². The molecule has 0 bridgehead atoms. The lowest BCUT2D eigenvalue weighted by Gasteiger charge is -2.10. The van der Waals surface area contributed by atoms with Crippen molar-refractivity contribution in [2.24, 2.45) is 0 Å². The number of fused-ring (bicyclic) bond motifs is 1. The van der Waals surface area contributed by atoms with Crippen molar-refractivity contribution in [3.8, 4) is 11.5 Å². The fourth-order valence-corrected chi connectivity index (χ4v) is 2.22. The maximum atomic E-state index is 9.26. The van der Waals surface area contributed by atoms with Gasteiger partial charge in [-0.15, -0.1) is 0 Å². The van der Waals surface area contributed by atoms with Gasteiger partial charge in [-0.25, -0.2) is 0 Å². The first-order valence-electron chi connectivity index (χ1n) is 6.49. The van der Waals surface area contributed by atoms with Crippen molar-refractivity contribution in [2.75, 3.05) is 0 Å². The number of hydrogen-bond donors (Lipinski definition) is 1. The molecule has 20 heavy (non-hydrogen) atoms. The van der Waals surface area contributed by atoms with E-state index < -0.39 is 0 Å². The summed E-state index contributed by atoms with van der Waals surface area (Å²) in [6, 6.07) is 16.8. The Morgan fingerprint density at radius 2 is 1.80 bits per heavy atom. The standard InChI is InChI=1S/C17H15NO2/c1-12-10-13(16-4-2-3-5-17(16)18-12)11-20-15-8-6-14(19)7-9-15/h2-10,19H,11H2,1H3. The van der Waals surface area contributed by atoms with Gasteiger partial charge in [0.15, 0.2) is 0 Å². The predicted octanol–water partition coefficient (Wildman–Crippen LogP) is 3.83. The fourth-order valence-electron chi connectivity index (χ4n) is 2.22. The van der Waals surface area contributed by atoms with Crippen LogP contribution >= 0.6 is 0 Å². The Hall–Kier alpha value is -2.55. The molecule has 0 atom stereocenters. The molecule has 3 nitrogen and oxygen atoms in total. The zero-order valence-corrected chi connectivity index (χ0v) is 11.2. The lowest BCUT2D eigenvalue weighted by atomic mass is 10.1. The van der Waals surface area contributed by atoms with E-state index in [0.717, 1.165) is 27.9 Å². The number of phenols is 1. The molecule has 1 N–H and O–H groups in total. The maximum Gasteiger partial charge on any atom is 0.120 e. The molecule has 3 aromatic rings. The smallest absolute Gasteiger partial charge is 0.120 e. The summed E-state index contributed by atoms with van der Waals surface area (Å²) < 4.78 is 5.77. The Kier molecular flexibility index (Phi) is 3.25. The third-order valence-corrected chi connectivity index (χ3v) is 3.16. The molecule has 0 unspecified atom stereocenters. The van der Waals surface area contributed by atoms with E-state index in [0.29, 0.717) is 6.61 Å². The quantitative estimate of drug-likeness (QED) is 0.782. The van der Waals surface area contributed by atoms with Gasteiger partial charge >= 0.3 is 0 Å². The van der Waals surface area contributed by atoms with Crippen LogP contribution in [0.2, 0.25) is 0 Å². The summed E-state index contributed by atoms with van der Waals surface area (Å²) in [5.74, 6) is 0.976. The predicted molar refractivity (Wildman–Crippen MR) is 78.9 cm³/mol. The minimum atomic E-state index is 0.238. The van der Waals surface area contributed by atoms with Crippen LogP contribution < -0.4 is 4.74 Å². The van der Waals surface area contributed by atoms with Crippen LogP contribution in [-0.2, 0) is 6.61 Å². The molecule has 2 aromatic carbocycles. The largest absolute Gasteiger partial charge is 0.508 e. The second kappa shape index (κ2) is 5.21. The average Bonchev–Trinajstić information content (AvgIpc) is 2.46. The van der Waals surface area contributed by atoms with Crippen molar-refractivity contribution in [1.29, 1.82) is 0 Å².